The van der Waals surface area contributed by atoms with E-state index < -0.39 is 36.8 Å². The van der Waals surface area contributed by atoms with Gasteiger partial charge in [-0.25, -0.2) is 18.8 Å². The zero-order chi connectivity index (χ0) is 20.4. The average Bonchev–Trinajstić information content (AvgIpc) is 2.75. The van der Waals surface area contributed by atoms with Gasteiger partial charge in [0.1, 0.15) is 6.67 Å². The fraction of sp³-hybridized carbons (Fsp3) is 0.286. The summed E-state index contributed by atoms with van der Waals surface area (Å²) in [6.45, 7) is 0.608. The van der Waals surface area contributed by atoms with Gasteiger partial charge >= 0.3 is 17.9 Å². The van der Waals surface area contributed by atoms with Crippen molar-refractivity contribution in [3.8, 4) is 0 Å². The zero-order valence-electron chi connectivity index (χ0n) is 15.4. The zero-order valence-corrected chi connectivity index (χ0v) is 15.4. The average molecular weight is 388 g/mol. The quantitative estimate of drug-likeness (QED) is 0.484. The predicted molar refractivity (Wildman–Crippen MR) is 98.5 cm³/mol. The van der Waals surface area contributed by atoms with Gasteiger partial charge in [0.2, 0.25) is 6.10 Å². The van der Waals surface area contributed by atoms with Crippen molar-refractivity contribution in [1.29, 1.82) is 0 Å². The first-order chi connectivity index (χ1) is 13.6. The molecule has 0 spiro atoms. The van der Waals surface area contributed by atoms with Crippen molar-refractivity contribution in [3.05, 3.63) is 71.8 Å². The lowest BCUT2D eigenvalue weighted by Gasteiger charge is -2.23. The Labute approximate surface area is 162 Å². The van der Waals surface area contributed by atoms with Crippen molar-refractivity contribution in [2.24, 2.45) is 0 Å². The Morgan fingerprint density at radius 2 is 1.36 bits per heavy atom. The molecule has 0 saturated heterocycles. The molecule has 0 N–H and O–H groups in total. The van der Waals surface area contributed by atoms with E-state index in [0.29, 0.717) is 6.42 Å². The van der Waals surface area contributed by atoms with Crippen LogP contribution in [0.25, 0.3) is 0 Å². The topological polar surface area (TPSA) is 78.9 Å². The highest BCUT2D eigenvalue weighted by molar-refractivity contribution is 5.92. The van der Waals surface area contributed by atoms with Crippen molar-refractivity contribution >= 4 is 17.9 Å². The Morgan fingerprint density at radius 3 is 1.82 bits per heavy atom. The molecule has 0 aromatic heterocycles. The molecule has 0 bridgehead atoms. The Bertz CT molecular complexity index is 778. The van der Waals surface area contributed by atoms with Gasteiger partial charge in [-0.3, -0.25) is 0 Å². The number of halogens is 1. The van der Waals surface area contributed by atoms with Gasteiger partial charge in [0.15, 0.2) is 6.10 Å². The minimum Gasteiger partial charge on any atom is -0.463 e. The molecule has 0 unspecified atom stereocenters. The van der Waals surface area contributed by atoms with Crippen LogP contribution < -0.4 is 0 Å². The molecule has 0 aliphatic rings. The van der Waals surface area contributed by atoms with Gasteiger partial charge in [-0.15, -0.1) is 0 Å². The summed E-state index contributed by atoms with van der Waals surface area (Å²) in [4.78, 5) is 36.9. The molecule has 2 aromatic carbocycles. The molecule has 2 rings (SSSR count). The summed E-state index contributed by atoms with van der Waals surface area (Å²) in [5, 5.41) is 0. The molecule has 0 heterocycles. The normalized spacial score (nSPS) is 12.5. The first-order valence-corrected chi connectivity index (χ1v) is 8.81. The Kier molecular flexibility index (Phi) is 8.14. The van der Waals surface area contributed by atoms with Crippen LogP contribution in [0.2, 0.25) is 0 Å². The van der Waals surface area contributed by atoms with E-state index in [2.05, 4.69) is 0 Å². The van der Waals surface area contributed by atoms with Gasteiger partial charge in [0.25, 0.3) is 0 Å². The van der Waals surface area contributed by atoms with E-state index in [4.69, 9.17) is 14.2 Å². The highest BCUT2D eigenvalue weighted by Gasteiger charge is 2.37. The third-order valence-electron chi connectivity index (χ3n) is 3.68. The summed E-state index contributed by atoms with van der Waals surface area (Å²) in [5.74, 6) is -2.67. The van der Waals surface area contributed by atoms with Crippen LogP contribution in [0.15, 0.2) is 60.7 Å². The van der Waals surface area contributed by atoms with Crippen LogP contribution in [0.1, 0.15) is 34.1 Å². The Balaban J connectivity index is 2.18. The number of rotatable bonds is 9. The van der Waals surface area contributed by atoms with E-state index >= 15 is 0 Å². The van der Waals surface area contributed by atoms with Crippen LogP contribution >= 0.6 is 0 Å². The van der Waals surface area contributed by atoms with E-state index in [1.165, 1.54) is 24.3 Å². The fourth-order valence-electron chi connectivity index (χ4n) is 2.27. The first-order valence-electron chi connectivity index (χ1n) is 8.81. The molecule has 0 saturated carbocycles. The summed E-state index contributed by atoms with van der Waals surface area (Å²) >= 11 is 0. The molecule has 0 radical (unpaired) electrons. The maximum absolute atomic E-state index is 13.6. The molecule has 148 valence electrons. The van der Waals surface area contributed by atoms with Crippen LogP contribution in [-0.2, 0) is 19.0 Å². The molecule has 7 heteroatoms. The monoisotopic (exact) mass is 388 g/mol. The van der Waals surface area contributed by atoms with Gasteiger partial charge in [-0.2, -0.15) is 0 Å². The highest BCUT2D eigenvalue weighted by atomic mass is 19.1. The maximum atomic E-state index is 13.6. The molecule has 0 aliphatic heterocycles. The van der Waals surface area contributed by atoms with E-state index in [1.807, 2.05) is 0 Å². The Morgan fingerprint density at radius 1 is 0.857 bits per heavy atom. The van der Waals surface area contributed by atoms with Crippen LogP contribution in [0.4, 0.5) is 4.39 Å². The molecule has 28 heavy (non-hydrogen) atoms. The van der Waals surface area contributed by atoms with Crippen molar-refractivity contribution in [3.63, 3.8) is 0 Å². The number of carbonyl (C=O) groups excluding carboxylic acids is 3. The third kappa shape index (κ3) is 5.90. The van der Waals surface area contributed by atoms with Gasteiger partial charge < -0.3 is 14.2 Å². The van der Waals surface area contributed by atoms with Crippen molar-refractivity contribution < 1.29 is 33.0 Å². The van der Waals surface area contributed by atoms with Crippen molar-refractivity contribution in [2.75, 3.05) is 13.3 Å². The summed E-state index contributed by atoms with van der Waals surface area (Å²) in [6, 6.07) is 15.8. The summed E-state index contributed by atoms with van der Waals surface area (Å²) in [7, 11) is 0. The summed E-state index contributed by atoms with van der Waals surface area (Å²) < 4.78 is 28.9. The first kappa shape index (κ1) is 21.1. The fourth-order valence-corrected chi connectivity index (χ4v) is 2.27. The van der Waals surface area contributed by atoms with Crippen LogP contribution in [0.5, 0.6) is 0 Å². The largest absolute Gasteiger partial charge is 0.463 e. The number of ether oxygens (including phenoxy) is 3. The van der Waals surface area contributed by atoms with Gasteiger partial charge in [0, 0.05) is 0 Å². The second-order valence-electron chi connectivity index (χ2n) is 5.82. The lowest BCUT2D eigenvalue weighted by molar-refractivity contribution is -0.161. The van der Waals surface area contributed by atoms with Crippen LogP contribution in [0.3, 0.4) is 0 Å². The van der Waals surface area contributed by atoms with Crippen LogP contribution in [0, 0.1) is 0 Å². The standard InChI is InChI=1S/C21H21FO6/c1-2-13-26-21(25)18(28-20(24)16-11-7-4-8-12-16)17(14-22)27-19(23)15-9-5-3-6-10-15/h3-12,17-18H,2,13-14H2,1H3/t17-,18+/m0/s1. The van der Waals surface area contributed by atoms with E-state index in [0.717, 1.165) is 0 Å². The number of hydrogen-bond acceptors (Lipinski definition) is 6. The number of hydrogen-bond donors (Lipinski definition) is 0. The second kappa shape index (κ2) is 10.8. The van der Waals surface area contributed by atoms with Crippen LogP contribution in [-0.4, -0.2) is 43.4 Å². The lowest BCUT2D eigenvalue weighted by atomic mass is 10.2. The summed E-state index contributed by atoms with van der Waals surface area (Å²) in [6.07, 6.45) is -2.84. The molecule has 2 aromatic rings. The molecule has 0 aliphatic carbocycles. The van der Waals surface area contributed by atoms with Gasteiger partial charge in [-0.1, -0.05) is 43.3 Å². The Hall–Kier alpha value is -3.22. The number of carbonyl (C=O) groups is 3. The van der Waals surface area contributed by atoms with Crippen molar-refractivity contribution in [1.82, 2.24) is 0 Å². The van der Waals surface area contributed by atoms with E-state index in [9.17, 15) is 18.8 Å². The molecule has 0 amide bonds. The predicted octanol–water partition coefficient (Wildman–Crippen LogP) is 3.36. The van der Waals surface area contributed by atoms with Gasteiger partial charge in [0.05, 0.1) is 17.7 Å². The van der Waals surface area contributed by atoms with Crippen molar-refractivity contribution in [2.45, 2.75) is 25.6 Å². The molecule has 6 nitrogen and oxygen atoms in total. The highest BCUT2D eigenvalue weighted by Crippen LogP contribution is 2.14. The molecule has 0 fully saturated rings. The minimum absolute atomic E-state index is 0.0594. The molecular weight excluding hydrogens is 367 g/mol. The maximum Gasteiger partial charge on any atom is 0.351 e. The number of benzene rings is 2. The second-order valence-corrected chi connectivity index (χ2v) is 5.82. The lowest BCUT2D eigenvalue weighted by Crippen LogP contribution is -2.43. The molecule has 2 atom stereocenters. The third-order valence-corrected chi connectivity index (χ3v) is 3.68. The SMILES string of the molecule is CCCOC(=O)[C@H](OC(=O)c1ccccc1)[C@H](CF)OC(=O)c1ccccc1. The minimum atomic E-state index is -1.73. The van der Waals surface area contributed by atoms with E-state index in [1.54, 1.807) is 43.3 Å². The summed E-state index contributed by atoms with van der Waals surface area (Å²) in [5.41, 5.74) is 0.346. The number of alkyl halides is 1. The number of esters is 3. The molecular formula is C21H21FO6. The van der Waals surface area contributed by atoms with Gasteiger partial charge in [-0.05, 0) is 30.7 Å². The smallest absolute Gasteiger partial charge is 0.351 e. The van der Waals surface area contributed by atoms with E-state index in [-0.39, 0.29) is 17.7 Å².